The van der Waals surface area contributed by atoms with E-state index in [2.05, 4.69) is 161 Å². The van der Waals surface area contributed by atoms with Crippen molar-refractivity contribution < 1.29 is 25.8 Å². The summed E-state index contributed by atoms with van der Waals surface area (Å²) in [7, 11) is 0. The largest absolute Gasteiger partial charge is 2.00 e. The SMILES string of the molecule is CC(C)(C)c1ccnc(-n2c3[c-]c(Oc4[c-]c5c(cc4)C(c4ccccc4)(c4ccccc4)c4c(C(C)(C)C)ccnc4-5)c(C#N)cc3c3ccccc32)c1.[Pt+2]. The van der Waals surface area contributed by atoms with Crippen LogP contribution >= 0.6 is 0 Å². The molecule has 0 fully saturated rings. The fourth-order valence-corrected chi connectivity index (χ4v) is 8.40. The zero-order valence-electron chi connectivity index (χ0n) is 32.2. The molecule has 0 amide bonds. The van der Waals surface area contributed by atoms with Gasteiger partial charge in [-0.1, -0.05) is 132 Å². The number of hydrogen-bond donors (Lipinski definition) is 0. The molecule has 5 nitrogen and oxygen atoms in total. The molecule has 0 aliphatic heterocycles. The Morgan fingerprint density at radius 1 is 0.696 bits per heavy atom. The first-order chi connectivity index (χ1) is 26.5. The van der Waals surface area contributed by atoms with E-state index in [1.165, 1.54) is 11.1 Å². The summed E-state index contributed by atoms with van der Waals surface area (Å²) >= 11 is 0. The standard InChI is InChI=1S/C50H40N4O.Pt/c1-48(2,3)35-23-25-52-45(28-35)54-42-20-14-13-19-37(42)38-27-32(31-51)44(30-43(38)54)55-36-21-22-40-39(29-36)47-46(41(24-26-53-47)49(4,5)6)50(40,33-15-9-7-10-16-33)34-17-11-8-12-18-34;/h7-28H,1-6H3;/q-2;+2. The third-order valence-electron chi connectivity index (χ3n) is 11.0. The number of nitriles is 1. The van der Waals surface area contributed by atoms with Crippen molar-refractivity contribution in [1.82, 2.24) is 14.5 Å². The summed E-state index contributed by atoms with van der Waals surface area (Å²) in [5, 5.41) is 12.4. The van der Waals surface area contributed by atoms with Crippen LogP contribution in [0.4, 0.5) is 0 Å². The van der Waals surface area contributed by atoms with Crippen LogP contribution < -0.4 is 4.74 Å². The Hall–Kier alpha value is -5.82. The first kappa shape index (κ1) is 37.1. The van der Waals surface area contributed by atoms with Crippen LogP contribution in [0, 0.1) is 23.5 Å². The normalized spacial score (nSPS) is 13.2. The Kier molecular flexibility index (Phi) is 9.10. The Labute approximate surface area is 342 Å². The van der Waals surface area contributed by atoms with Crippen LogP contribution in [-0.4, -0.2) is 14.5 Å². The first-order valence-corrected chi connectivity index (χ1v) is 18.7. The van der Waals surface area contributed by atoms with Gasteiger partial charge in [-0.3, -0.25) is 0 Å². The Morgan fingerprint density at radius 3 is 2.02 bits per heavy atom. The number of ether oxygens (including phenoxy) is 1. The summed E-state index contributed by atoms with van der Waals surface area (Å²) in [5.41, 5.74) is 9.98. The van der Waals surface area contributed by atoms with Crippen LogP contribution in [0.15, 0.2) is 134 Å². The Bertz CT molecular complexity index is 2780. The molecule has 56 heavy (non-hydrogen) atoms. The Morgan fingerprint density at radius 2 is 1.36 bits per heavy atom. The summed E-state index contributed by atoms with van der Waals surface area (Å²) in [6, 6.07) is 51.6. The summed E-state index contributed by atoms with van der Waals surface area (Å²) in [6.07, 6.45) is 3.77. The second-order valence-electron chi connectivity index (χ2n) is 16.4. The molecule has 0 radical (unpaired) electrons. The summed E-state index contributed by atoms with van der Waals surface area (Å²) in [6.45, 7) is 13.4. The van der Waals surface area contributed by atoms with E-state index in [0.29, 0.717) is 17.1 Å². The molecule has 9 rings (SSSR count). The number of para-hydroxylation sites is 1. The molecule has 6 heteroatoms. The molecule has 276 valence electrons. The summed E-state index contributed by atoms with van der Waals surface area (Å²) in [4.78, 5) is 9.90. The van der Waals surface area contributed by atoms with Crippen molar-refractivity contribution in [3.63, 3.8) is 0 Å². The maximum atomic E-state index is 10.5. The second-order valence-corrected chi connectivity index (χ2v) is 16.4. The van der Waals surface area contributed by atoms with E-state index < -0.39 is 5.41 Å². The Balaban J connectivity index is 0.00000441. The maximum Gasteiger partial charge on any atom is 2.00 e. The maximum absolute atomic E-state index is 10.5. The minimum absolute atomic E-state index is 0. The molecule has 1 aliphatic carbocycles. The number of hydrogen-bond acceptors (Lipinski definition) is 4. The molecule has 1 aliphatic rings. The third kappa shape index (κ3) is 5.78. The van der Waals surface area contributed by atoms with Gasteiger partial charge < -0.3 is 14.3 Å². The second kappa shape index (κ2) is 13.7. The molecule has 0 atom stereocenters. The van der Waals surface area contributed by atoms with Gasteiger partial charge in [0.15, 0.2) is 0 Å². The molecule has 0 spiro atoms. The van der Waals surface area contributed by atoms with Crippen LogP contribution in [0.5, 0.6) is 11.5 Å². The monoisotopic (exact) mass is 907 g/mol. The van der Waals surface area contributed by atoms with E-state index >= 15 is 0 Å². The zero-order valence-corrected chi connectivity index (χ0v) is 34.5. The van der Waals surface area contributed by atoms with Crippen molar-refractivity contribution in [3.8, 4) is 34.6 Å². The van der Waals surface area contributed by atoms with Gasteiger partial charge in [-0.2, -0.15) is 0 Å². The van der Waals surface area contributed by atoms with Crippen LogP contribution in [0.25, 0.3) is 38.9 Å². The molecule has 8 aromatic rings. The van der Waals surface area contributed by atoms with Gasteiger partial charge in [-0.25, -0.2) is 10.2 Å². The average molecular weight is 908 g/mol. The van der Waals surface area contributed by atoms with E-state index in [4.69, 9.17) is 14.7 Å². The van der Waals surface area contributed by atoms with E-state index in [-0.39, 0.29) is 31.9 Å². The quantitative estimate of drug-likeness (QED) is 0.161. The molecule has 5 aromatic carbocycles. The average Bonchev–Trinajstić information content (AvgIpc) is 3.67. The van der Waals surface area contributed by atoms with Crippen molar-refractivity contribution in [2.75, 3.05) is 0 Å². The first-order valence-electron chi connectivity index (χ1n) is 18.7. The third-order valence-corrected chi connectivity index (χ3v) is 11.0. The summed E-state index contributed by atoms with van der Waals surface area (Å²) < 4.78 is 8.81. The number of benzene rings is 5. The summed E-state index contributed by atoms with van der Waals surface area (Å²) in [5.74, 6) is 1.59. The van der Waals surface area contributed by atoms with Gasteiger partial charge in [-0.15, -0.1) is 40.8 Å². The zero-order chi connectivity index (χ0) is 38.1. The molecular weight excluding hydrogens is 868 g/mol. The van der Waals surface area contributed by atoms with Gasteiger partial charge in [0.2, 0.25) is 0 Å². The van der Waals surface area contributed by atoms with E-state index in [1.807, 2.05) is 36.7 Å². The van der Waals surface area contributed by atoms with Crippen molar-refractivity contribution in [1.29, 1.82) is 5.26 Å². The fourth-order valence-electron chi connectivity index (χ4n) is 8.40. The fraction of sp³-hybridized carbons (Fsp3) is 0.180. The molecule has 3 heterocycles. The molecule has 0 bridgehead atoms. The predicted molar refractivity (Wildman–Crippen MR) is 220 cm³/mol. The van der Waals surface area contributed by atoms with E-state index in [9.17, 15) is 5.26 Å². The van der Waals surface area contributed by atoms with Crippen molar-refractivity contribution in [2.45, 2.75) is 57.8 Å². The topological polar surface area (TPSA) is 63.7 Å². The van der Waals surface area contributed by atoms with Crippen LogP contribution in [0.3, 0.4) is 0 Å². The minimum atomic E-state index is -0.641. The van der Waals surface area contributed by atoms with E-state index in [1.54, 1.807) is 0 Å². The van der Waals surface area contributed by atoms with E-state index in [0.717, 1.165) is 61.1 Å². The smallest absolute Gasteiger partial charge is 0.502 e. The molecular formula is C50H40N4OPt. The van der Waals surface area contributed by atoms with Crippen LogP contribution in [-0.2, 0) is 37.3 Å². The van der Waals surface area contributed by atoms with Gasteiger partial charge in [-0.05, 0) is 79.6 Å². The number of pyridine rings is 2. The van der Waals surface area contributed by atoms with Gasteiger partial charge in [0.1, 0.15) is 5.82 Å². The van der Waals surface area contributed by atoms with Crippen molar-refractivity contribution in [3.05, 3.63) is 185 Å². The van der Waals surface area contributed by atoms with Gasteiger partial charge in [0.25, 0.3) is 0 Å². The van der Waals surface area contributed by atoms with Crippen LogP contribution in [0.2, 0.25) is 0 Å². The molecule has 0 saturated heterocycles. The van der Waals surface area contributed by atoms with Crippen molar-refractivity contribution >= 4 is 21.8 Å². The molecule has 3 aromatic heterocycles. The number of nitrogens with zero attached hydrogens (tertiary/aromatic N) is 4. The van der Waals surface area contributed by atoms with Gasteiger partial charge in [0, 0.05) is 40.9 Å². The number of aromatic nitrogens is 3. The number of fused-ring (bicyclic) bond motifs is 6. The number of rotatable bonds is 5. The van der Waals surface area contributed by atoms with Gasteiger partial charge in [0.05, 0.1) is 0 Å². The van der Waals surface area contributed by atoms with Crippen LogP contribution in [0.1, 0.15) is 80.5 Å². The minimum Gasteiger partial charge on any atom is -0.502 e. The van der Waals surface area contributed by atoms with Crippen molar-refractivity contribution in [2.24, 2.45) is 0 Å². The molecule has 0 unspecified atom stereocenters. The van der Waals surface area contributed by atoms with Gasteiger partial charge >= 0.3 is 21.1 Å². The predicted octanol–water partition coefficient (Wildman–Crippen LogP) is 11.8. The molecule has 0 N–H and O–H groups in total. The molecule has 0 saturated carbocycles.